The van der Waals surface area contributed by atoms with Gasteiger partial charge in [0.15, 0.2) is 0 Å². The minimum Gasteiger partial charge on any atom is -0.394 e. The number of ether oxygens (including phenoxy) is 1. The Hall–Kier alpha value is -2.79. The van der Waals surface area contributed by atoms with Gasteiger partial charge in [-0.15, -0.1) is 11.3 Å². The number of hydrogen-bond donors (Lipinski definition) is 2. The van der Waals surface area contributed by atoms with E-state index in [2.05, 4.69) is 9.71 Å². The molecule has 1 amide bonds. The predicted molar refractivity (Wildman–Crippen MR) is 121 cm³/mol. The van der Waals surface area contributed by atoms with Crippen molar-refractivity contribution in [3.05, 3.63) is 76.2 Å². The molecule has 0 saturated carbocycles. The van der Waals surface area contributed by atoms with Crippen molar-refractivity contribution in [3.63, 3.8) is 0 Å². The summed E-state index contributed by atoms with van der Waals surface area (Å²) in [5.41, 5.74) is 3.74. The van der Waals surface area contributed by atoms with E-state index < -0.39 is 22.2 Å². The number of aromatic nitrogens is 1. The van der Waals surface area contributed by atoms with Crippen LogP contribution in [0.2, 0.25) is 0 Å². The van der Waals surface area contributed by atoms with Gasteiger partial charge in [0.05, 0.1) is 35.3 Å². The van der Waals surface area contributed by atoms with Crippen molar-refractivity contribution in [1.29, 1.82) is 0 Å². The number of amides is 1. The molecule has 8 nitrogen and oxygen atoms in total. The van der Waals surface area contributed by atoms with E-state index >= 15 is 0 Å². The Labute approximate surface area is 190 Å². The van der Waals surface area contributed by atoms with Gasteiger partial charge in [0.1, 0.15) is 12.7 Å². The van der Waals surface area contributed by atoms with Gasteiger partial charge >= 0.3 is 0 Å². The van der Waals surface area contributed by atoms with Gasteiger partial charge in [0.2, 0.25) is 5.91 Å². The molecule has 2 heterocycles. The van der Waals surface area contributed by atoms with Gasteiger partial charge in [-0.2, -0.15) is 0 Å². The molecule has 0 aliphatic carbocycles. The van der Waals surface area contributed by atoms with Crippen molar-refractivity contribution < 1.29 is 23.1 Å². The van der Waals surface area contributed by atoms with Crippen molar-refractivity contribution in [2.75, 3.05) is 17.9 Å². The first-order chi connectivity index (χ1) is 15.4. The second-order valence-electron chi connectivity index (χ2n) is 7.40. The molecule has 2 N–H and O–H groups in total. The zero-order chi connectivity index (χ0) is 22.7. The van der Waals surface area contributed by atoms with E-state index in [4.69, 9.17) is 4.74 Å². The molecular formula is C22H23N3O5S2. The number of carbonyl (C=O) groups excluding carboxylic acids is 1. The highest BCUT2D eigenvalue weighted by Crippen LogP contribution is 2.32. The standard InChI is InChI=1S/C22H23N3O5S2/c1-15-20(31-14-23-15)11-25-19(12-26)22(30-13-21(25)27)16-7-9-17(10-8-16)24-32(28,29)18-5-3-2-4-6-18/h2-10,14,19,22,24,26H,11-13H2,1H3. The molecule has 32 heavy (non-hydrogen) atoms. The van der Waals surface area contributed by atoms with Crippen LogP contribution in [0.3, 0.4) is 0 Å². The third kappa shape index (κ3) is 4.68. The Bertz CT molecular complexity index is 1180. The van der Waals surface area contributed by atoms with E-state index in [9.17, 15) is 18.3 Å². The summed E-state index contributed by atoms with van der Waals surface area (Å²) in [5.74, 6) is -0.194. The van der Waals surface area contributed by atoms with Crippen molar-refractivity contribution >= 4 is 33.0 Å². The van der Waals surface area contributed by atoms with Gasteiger partial charge < -0.3 is 14.7 Å². The molecule has 2 atom stereocenters. The summed E-state index contributed by atoms with van der Waals surface area (Å²) in [6, 6.07) is 14.3. The number of hydrogen-bond acceptors (Lipinski definition) is 7. The largest absolute Gasteiger partial charge is 0.394 e. The number of aryl methyl sites for hydroxylation is 1. The second-order valence-corrected chi connectivity index (χ2v) is 10.0. The highest BCUT2D eigenvalue weighted by Gasteiger charge is 2.37. The molecule has 4 rings (SSSR count). The molecular weight excluding hydrogens is 450 g/mol. The topological polar surface area (TPSA) is 109 Å². The molecule has 1 saturated heterocycles. The van der Waals surface area contributed by atoms with Gasteiger partial charge in [-0.3, -0.25) is 9.52 Å². The van der Waals surface area contributed by atoms with Crippen molar-refractivity contribution in [2.24, 2.45) is 0 Å². The first-order valence-electron chi connectivity index (χ1n) is 9.98. The average molecular weight is 474 g/mol. The van der Waals surface area contributed by atoms with E-state index in [0.717, 1.165) is 16.1 Å². The van der Waals surface area contributed by atoms with E-state index in [1.807, 2.05) is 6.92 Å². The van der Waals surface area contributed by atoms with Crippen molar-refractivity contribution in [1.82, 2.24) is 9.88 Å². The maximum Gasteiger partial charge on any atom is 0.261 e. The van der Waals surface area contributed by atoms with E-state index in [1.165, 1.54) is 23.5 Å². The molecule has 1 fully saturated rings. The minimum absolute atomic E-state index is 0.0958. The molecule has 1 aromatic heterocycles. The molecule has 0 radical (unpaired) electrons. The smallest absolute Gasteiger partial charge is 0.261 e. The van der Waals surface area contributed by atoms with Crippen molar-refractivity contribution in [2.45, 2.75) is 30.5 Å². The van der Waals surface area contributed by atoms with Crippen LogP contribution in [0.25, 0.3) is 0 Å². The number of sulfonamides is 1. The van der Waals surface area contributed by atoms with Crippen LogP contribution in [0, 0.1) is 6.92 Å². The zero-order valence-corrected chi connectivity index (χ0v) is 19.0. The molecule has 2 unspecified atom stereocenters. The number of rotatable bonds is 7. The summed E-state index contributed by atoms with van der Waals surface area (Å²) in [4.78, 5) is 19.5. The van der Waals surface area contributed by atoms with Crippen LogP contribution in [0.1, 0.15) is 22.2 Å². The lowest BCUT2D eigenvalue weighted by molar-refractivity contribution is -0.161. The van der Waals surface area contributed by atoms with Crippen molar-refractivity contribution in [3.8, 4) is 0 Å². The van der Waals surface area contributed by atoms with Crippen LogP contribution in [0.15, 0.2) is 65.0 Å². The maximum absolute atomic E-state index is 12.5. The molecule has 1 aliphatic rings. The number of benzene rings is 2. The van der Waals surface area contributed by atoms with Crippen LogP contribution in [0.5, 0.6) is 0 Å². The monoisotopic (exact) mass is 473 g/mol. The first kappa shape index (κ1) is 22.4. The van der Waals surface area contributed by atoms with E-state index in [-0.39, 0.29) is 24.0 Å². The summed E-state index contributed by atoms with van der Waals surface area (Å²) in [5, 5.41) is 10.1. The lowest BCUT2D eigenvalue weighted by atomic mass is 9.99. The second kappa shape index (κ2) is 9.37. The number of thiazole rings is 1. The fraction of sp³-hybridized carbons (Fsp3) is 0.273. The number of nitrogens with one attached hydrogen (secondary N) is 1. The Morgan fingerprint density at radius 2 is 1.91 bits per heavy atom. The number of aliphatic hydroxyl groups is 1. The summed E-state index contributed by atoms with van der Waals surface area (Å²) in [6.07, 6.45) is -0.536. The van der Waals surface area contributed by atoms with Gasteiger partial charge in [0.25, 0.3) is 10.0 Å². The van der Waals surface area contributed by atoms with E-state index in [1.54, 1.807) is 52.9 Å². The predicted octanol–water partition coefficient (Wildman–Crippen LogP) is 2.71. The first-order valence-corrected chi connectivity index (χ1v) is 12.3. The van der Waals surface area contributed by atoms with Crippen LogP contribution in [0.4, 0.5) is 5.69 Å². The average Bonchev–Trinajstić information content (AvgIpc) is 3.20. The highest BCUT2D eigenvalue weighted by atomic mass is 32.2. The van der Waals surface area contributed by atoms with Crippen LogP contribution < -0.4 is 4.72 Å². The SMILES string of the molecule is Cc1ncsc1CN1C(=O)COC(c2ccc(NS(=O)(=O)c3ccccc3)cc2)C1CO. The highest BCUT2D eigenvalue weighted by molar-refractivity contribution is 7.92. The lowest BCUT2D eigenvalue weighted by Crippen LogP contribution is -2.52. The van der Waals surface area contributed by atoms with Gasteiger partial charge in [-0.25, -0.2) is 13.4 Å². The van der Waals surface area contributed by atoms with Gasteiger partial charge in [0, 0.05) is 10.6 Å². The summed E-state index contributed by atoms with van der Waals surface area (Å²) >= 11 is 1.47. The number of anilines is 1. The van der Waals surface area contributed by atoms with Gasteiger partial charge in [-0.05, 0) is 36.8 Å². The molecule has 168 valence electrons. The number of morpholine rings is 1. The Balaban J connectivity index is 1.52. The Morgan fingerprint density at radius 1 is 1.19 bits per heavy atom. The van der Waals surface area contributed by atoms with Gasteiger partial charge in [-0.1, -0.05) is 30.3 Å². The third-order valence-electron chi connectivity index (χ3n) is 5.35. The molecule has 10 heteroatoms. The lowest BCUT2D eigenvalue weighted by Gasteiger charge is -2.40. The van der Waals surface area contributed by atoms with Crippen LogP contribution >= 0.6 is 11.3 Å². The number of aliphatic hydroxyl groups excluding tert-OH is 1. The fourth-order valence-electron chi connectivity index (χ4n) is 3.61. The molecule has 3 aromatic rings. The molecule has 0 spiro atoms. The Morgan fingerprint density at radius 3 is 2.53 bits per heavy atom. The Kier molecular flexibility index (Phi) is 6.56. The fourth-order valence-corrected chi connectivity index (χ4v) is 5.46. The number of nitrogens with zero attached hydrogens (tertiary/aromatic N) is 2. The zero-order valence-electron chi connectivity index (χ0n) is 17.3. The summed E-state index contributed by atoms with van der Waals surface area (Å²) in [6.45, 7) is 1.88. The summed E-state index contributed by atoms with van der Waals surface area (Å²) in [7, 11) is -3.69. The quantitative estimate of drug-likeness (QED) is 0.546. The number of carbonyl (C=O) groups is 1. The molecule has 1 aliphatic heterocycles. The normalized spacial score (nSPS) is 19.2. The molecule has 0 bridgehead atoms. The minimum atomic E-state index is -3.69. The third-order valence-corrected chi connectivity index (χ3v) is 7.66. The summed E-state index contributed by atoms with van der Waals surface area (Å²) < 4.78 is 33.4. The maximum atomic E-state index is 12.5. The molecule has 2 aromatic carbocycles. The van der Waals surface area contributed by atoms with Crippen LogP contribution in [-0.2, 0) is 26.1 Å². The van der Waals surface area contributed by atoms with Crippen LogP contribution in [-0.4, -0.2) is 48.6 Å². The van der Waals surface area contributed by atoms with E-state index in [0.29, 0.717) is 12.2 Å².